The molecule has 0 unspecified atom stereocenters. The summed E-state index contributed by atoms with van der Waals surface area (Å²) < 4.78 is 17.7. The number of hydrogen-bond donors (Lipinski definition) is 1. The fraction of sp³-hybridized carbons (Fsp3) is 0.179. The van der Waals surface area contributed by atoms with Crippen molar-refractivity contribution in [2.45, 2.75) is 20.0 Å². The maximum Gasteiger partial charge on any atom is 0.240 e. The molecule has 0 radical (unpaired) electrons. The van der Waals surface area contributed by atoms with Crippen molar-refractivity contribution in [2.24, 2.45) is 0 Å². The van der Waals surface area contributed by atoms with E-state index in [1.165, 1.54) is 6.20 Å². The van der Waals surface area contributed by atoms with Gasteiger partial charge in [-0.3, -0.25) is 14.4 Å². The first-order valence-corrected chi connectivity index (χ1v) is 11.4. The molecule has 4 aromatic rings. The van der Waals surface area contributed by atoms with Crippen LogP contribution in [0.3, 0.4) is 0 Å². The van der Waals surface area contributed by atoms with Crippen molar-refractivity contribution in [3.05, 3.63) is 99.3 Å². The molecule has 0 aliphatic carbocycles. The highest BCUT2D eigenvalue weighted by Crippen LogP contribution is 2.35. The van der Waals surface area contributed by atoms with E-state index < -0.39 is 11.2 Å². The van der Waals surface area contributed by atoms with E-state index in [4.69, 9.17) is 14.2 Å². The first kappa shape index (κ1) is 23.2. The largest absolute Gasteiger partial charge is 0.497 e. The average Bonchev–Trinajstić information content (AvgIpc) is 3.36. The maximum atomic E-state index is 13.4. The molecule has 182 valence electrons. The van der Waals surface area contributed by atoms with Gasteiger partial charge in [-0.05, 0) is 30.7 Å². The number of nitrogens with one attached hydrogen (secondary N) is 1. The molecule has 0 saturated heterocycles. The van der Waals surface area contributed by atoms with E-state index in [0.29, 0.717) is 29.1 Å². The van der Waals surface area contributed by atoms with Crippen molar-refractivity contribution in [2.75, 3.05) is 13.9 Å². The summed E-state index contributed by atoms with van der Waals surface area (Å²) in [5.41, 5.74) is 2.34. The first-order valence-electron chi connectivity index (χ1n) is 11.4. The van der Waals surface area contributed by atoms with Crippen molar-refractivity contribution in [1.29, 1.82) is 0 Å². The molecular formula is C28H24N2O6. The fourth-order valence-corrected chi connectivity index (χ4v) is 4.09. The van der Waals surface area contributed by atoms with Gasteiger partial charge in [0.15, 0.2) is 17.3 Å². The Morgan fingerprint density at radius 2 is 1.69 bits per heavy atom. The molecule has 0 atom stereocenters. The molecule has 3 aromatic carbocycles. The molecule has 1 aliphatic rings. The van der Waals surface area contributed by atoms with E-state index in [9.17, 15) is 14.4 Å². The number of amides is 1. The molecular weight excluding hydrogens is 460 g/mol. The van der Waals surface area contributed by atoms with Gasteiger partial charge in [0, 0.05) is 24.4 Å². The standard InChI is InChI=1S/C28H24N2O6/c1-17-3-7-19(8-4-17)27(32)22-14-30(15-26(31)29-13-18-5-9-20(34-2)10-6-18)23-12-25-24(35-16-36-25)11-21(23)28(22)33/h3-12,14H,13,15-16H2,1-2H3,(H,29,31). The SMILES string of the molecule is COc1ccc(CNC(=O)Cn2cc(C(=O)c3ccc(C)cc3)c(=O)c3cc4c(cc32)OCO4)cc1. The number of nitrogens with zero attached hydrogens (tertiary/aromatic N) is 1. The number of aryl methyl sites for hydroxylation is 1. The van der Waals surface area contributed by atoms with Crippen LogP contribution in [-0.4, -0.2) is 30.2 Å². The molecule has 0 spiro atoms. The number of methoxy groups -OCH3 is 1. The Morgan fingerprint density at radius 1 is 1.00 bits per heavy atom. The first-order chi connectivity index (χ1) is 17.4. The Morgan fingerprint density at radius 3 is 2.39 bits per heavy atom. The van der Waals surface area contributed by atoms with Crippen molar-refractivity contribution in [3.8, 4) is 17.2 Å². The Bertz CT molecular complexity index is 1520. The van der Waals surface area contributed by atoms with Gasteiger partial charge in [-0.1, -0.05) is 42.0 Å². The van der Waals surface area contributed by atoms with Crippen LogP contribution in [0.15, 0.2) is 71.7 Å². The molecule has 0 saturated carbocycles. The molecule has 1 N–H and O–H groups in total. The minimum absolute atomic E-state index is 0.0202. The number of benzene rings is 3. The second-order valence-corrected chi connectivity index (χ2v) is 8.54. The van der Waals surface area contributed by atoms with E-state index in [1.54, 1.807) is 35.9 Å². The molecule has 2 heterocycles. The summed E-state index contributed by atoms with van der Waals surface area (Å²) in [4.78, 5) is 39.5. The van der Waals surface area contributed by atoms with E-state index in [1.807, 2.05) is 43.3 Å². The number of ether oxygens (including phenoxy) is 3. The second kappa shape index (κ2) is 9.58. The number of rotatable bonds is 7. The summed E-state index contributed by atoms with van der Waals surface area (Å²) in [7, 11) is 1.59. The quantitative estimate of drug-likeness (QED) is 0.403. The Hall–Kier alpha value is -4.59. The molecule has 1 amide bonds. The number of pyridine rings is 1. The summed E-state index contributed by atoms with van der Waals surface area (Å²) in [5.74, 6) is 0.949. The smallest absolute Gasteiger partial charge is 0.240 e. The lowest BCUT2D eigenvalue weighted by molar-refractivity contribution is -0.121. The molecule has 36 heavy (non-hydrogen) atoms. The van der Waals surface area contributed by atoms with Crippen LogP contribution >= 0.6 is 0 Å². The number of fused-ring (bicyclic) bond motifs is 2. The van der Waals surface area contributed by atoms with Crippen LogP contribution in [-0.2, 0) is 17.9 Å². The molecule has 1 aliphatic heterocycles. The summed E-state index contributed by atoms with van der Waals surface area (Å²) in [6.45, 7) is 2.19. The number of hydrogen-bond acceptors (Lipinski definition) is 6. The number of carbonyl (C=O) groups is 2. The second-order valence-electron chi connectivity index (χ2n) is 8.54. The van der Waals surface area contributed by atoms with Crippen molar-refractivity contribution < 1.29 is 23.8 Å². The van der Waals surface area contributed by atoms with Crippen LogP contribution in [0.2, 0.25) is 0 Å². The van der Waals surface area contributed by atoms with Crippen molar-refractivity contribution in [3.63, 3.8) is 0 Å². The number of carbonyl (C=O) groups excluding carboxylic acids is 2. The van der Waals surface area contributed by atoms with E-state index in [2.05, 4.69) is 5.32 Å². The highest BCUT2D eigenvalue weighted by molar-refractivity contribution is 6.10. The summed E-state index contributed by atoms with van der Waals surface area (Å²) in [5, 5.41) is 3.16. The predicted molar refractivity (Wildman–Crippen MR) is 134 cm³/mol. The summed E-state index contributed by atoms with van der Waals surface area (Å²) in [6.07, 6.45) is 1.45. The third-order valence-electron chi connectivity index (χ3n) is 6.10. The molecule has 0 bridgehead atoms. The maximum absolute atomic E-state index is 13.4. The third-order valence-corrected chi connectivity index (χ3v) is 6.10. The third kappa shape index (κ3) is 4.53. The van der Waals surface area contributed by atoms with Crippen molar-refractivity contribution in [1.82, 2.24) is 9.88 Å². The fourth-order valence-electron chi connectivity index (χ4n) is 4.09. The number of ketones is 1. The van der Waals surface area contributed by atoms with Gasteiger partial charge >= 0.3 is 0 Å². The Labute approximate surface area is 207 Å². The molecule has 5 rings (SSSR count). The lowest BCUT2D eigenvalue weighted by atomic mass is 10.0. The van der Waals surface area contributed by atoms with Crippen LogP contribution in [0.1, 0.15) is 27.0 Å². The monoisotopic (exact) mass is 484 g/mol. The van der Waals surface area contributed by atoms with Gasteiger partial charge in [-0.2, -0.15) is 0 Å². The van der Waals surface area contributed by atoms with Crippen LogP contribution in [0.4, 0.5) is 0 Å². The van der Waals surface area contributed by atoms with Crippen LogP contribution in [0.5, 0.6) is 17.2 Å². The molecule has 8 heteroatoms. The Balaban J connectivity index is 1.49. The summed E-state index contributed by atoms with van der Waals surface area (Å²) in [6, 6.07) is 17.6. The number of aromatic nitrogens is 1. The molecule has 8 nitrogen and oxygen atoms in total. The van der Waals surface area contributed by atoms with E-state index in [0.717, 1.165) is 16.9 Å². The summed E-state index contributed by atoms with van der Waals surface area (Å²) >= 11 is 0. The zero-order chi connectivity index (χ0) is 25.2. The highest BCUT2D eigenvalue weighted by atomic mass is 16.7. The van der Waals surface area contributed by atoms with Gasteiger partial charge in [0.1, 0.15) is 12.3 Å². The Kier molecular flexibility index (Phi) is 6.16. The van der Waals surface area contributed by atoms with E-state index in [-0.39, 0.29) is 30.2 Å². The van der Waals surface area contributed by atoms with Crippen LogP contribution in [0.25, 0.3) is 10.9 Å². The van der Waals surface area contributed by atoms with Crippen LogP contribution in [0, 0.1) is 6.92 Å². The highest BCUT2D eigenvalue weighted by Gasteiger charge is 2.22. The normalized spacial score (nSPS) is 11.9. The van der Waals surface area contributed by atoms with Crippen molar-refractivity contribution >= 4 is 22.6 Å². The zero-order valence-corrected chi connectivity index (χ0v) is 19.9. The average molecular weight is 485 g/mol. The predicted octanol–water partition coefficient (Wildman–Crippen LogP) is 3.59. The van der Waals surface area contributed by atoms with Crippen LogP contribution < -0.4 is 25.0 Å². The zero-order valence-electron chi connectivity index (χ0n) is 19.9. The molecule has 1 aromatic heterocycles. The lowest BCUT2D eigenvalue weighted by Crippen LogP contribution is -2.29. The van der Waals surface area contributed by atoms with Gasteiger partial charge in [-0.25, -0.2) is 0 Å². The minimum Gasteiger partial charge on any atom is -0.497 e. The molecule has 0 fully saturated rings. The van der Waals surface area contributed by atoms with Gasteiger partial charge < -0.3 is 24.1 Å². The lowest BCUT2D eigenvalue weighted by Gasteiger charge is -2.14. The van der Waals surface area contributed by atoms with Gasteiger partial charge in [0.05, 0.1) is 23.6 Å². The van der Waals surface area contributed by atoms with Gasteiger partial charge in [0.2, 0.25) is 18.1 Å². The van der Waals surface area contributed by atoms with Gasteiger partial charge in [0.25, 0.3) is 0 Å². The topological polar surface area (TPSA) is 95.9 Å². The van der Waals surface area contributed by atoms with E-state index >= 15 is 0 Å². The minimum atomic E-state index is -0.427. The van der Waals surface area contributed by atoms with Gasteiger partial charge in [-0.15, -0.1) is 0 Å².